The predicted molar refractivity (Wildman–Crippen MR) is 131 cm³/mol. The standard InChI is InChI=1S/C27H24F5N3O2/c1-3-17(20-6-4-7-22(29)25(20)37-2)14-26(36,27(30,31)32)16-33-23-8-5-9-24-21(23)15-34-35(24)19-12-10-18(28)11-13-19/h4-13,15-17,36H,3,14H2,1-2H3. The molecule has 0 aliphatic heterocycles. The van der Waals surface area contributed by atoms with Crippen LogP contribution in [-0.2, 0) is 0 Å². The van der Waals surface area contributed by atoms with E-state index in [0.29, 0.717) is 22.8 Å². The van der Waals surface area contributed by atoms with E-state index in [0.717, 1.165) is 6.07 Å². The number of alkyl halides is 3. The fourth-order valence-electron chi connectivity index (χ4n) is 4.27. The van der Waals surface area contributed by atoms with E-state index in [2.05, 4.69) is 10.1 Å². The molecule has 0 spiro atoms. The third-order valence-corrected chi connectivity index (χ3v) is 6.26. The van der Waals surface area contributed by atoms with Crippen LogP contribution in [0.3, 0.4) is 0 Å². The summed E-state index contributed by atoms with van der Waals surface area (Å²) in [7, 11) is 1.23. The number of aliphatic hydroxyl groups is 1. The number of fused-ring (bicyclic) bond motifs is 1. The van der Waals surface area contributed by atoms with E-state index in [1.807, 2.05) is 0 Å². The van der Waals surface area contributed by atoms with Crippen molar-refractivity contribution >= 4 is 22.8 Å². The molecule has 0 fully saturated rings. The maximum Gasteiger partial charge on any atom is 0.422 e. The number of aromatic nitrogens is 2. The molecule has 0 bridgehead atoms. The number of para-hydroxylation sites is 1. The average molecular weight is 517 g/mol. The van der Waals surface area contributed by atoms with E-state index in [-0.39, 0.29) is 23.4 Å². The second-order valence-electron chi connectivity index (χ2n) is 8.59. The Morgan fingerprint density at radius 3 is 2.41 bits per heavy atom. The van der Waals surface area contributed by atoms with Gasteiger partial charge in [0.1, 0.15) is 5.82 Å². The Morgan fingerprint density at radius 2 is 1.76 bits per heavy atom. The van der Waals surface area contributed by atoms with Crippen molar-refractivity contribution in [1.29, 1.82) is 0 Å². The number of rotatable bonds is 8. The first kappa shape index (κ1) is 26.3. The number of benzene rings is 3. The molecule has 1 aromatic heterocycles. The Balaban J connectivity index is 1.71. The topological polar surface area (TPSA) is 59.6 Å². The van der Waals surface area contributed by atoms with E-state index >= 15 is 0 Å². The van der Waals surface area contributed by atoms with Gasteiger partial charge in [0.25, 0.3) is 0 Å². The van der Waals surface area contributed by atoms with E-state index < -0.39 is 35.8 Å². The third-order valence-electron chi connectivity index (χ3n) is 6.26. The van der Waals surface area contributed by atoms with Crippen molar-refractivity contribution < 1.29 is 31.8 Å². The first-order chi connectivity index (χ1) is 17.6. The smallest absolute Gasteiger partial charge is 0.422 e. The van der Waals surface area contributed by atoms with Crippen molar-refractivity contribution in [3.05, 3.63) is 84.1 Å². The van der Waals surface area contributed by atoms with Gasteiger partial charge in [-0.15, -0.1) is 0 Å². The lowest BCUT2D eigenvalue weighted by atomic mass is 9.84. The molecule has 194 valence electrons. The SMILES string of the molecule is CCC(CC(O)(C=Nc1cccc2c1cnn2-c1ccc(F)cc1)C(F)(F)F)c1cccc(F)c1OC. The monoisotopic (exact) mass is 517 g/mol. The van der Waals surface area contributed by atoms with E-state index in [9.17, 15) is 27.1 Å². The number of halogens is 5. The minimum atomic E-state index is -5.06. The third kappa shape index (κ3) is 5.20. The Kier molecular flexibility index (Phi) is 7.31. The van der Waals surface area contributed by atoms with Crippen LogP contribution in [-0.4, -0.2) is 40.0 Å². The van der Waals surface area contributed by atoms with Crippen LogP contribution in [0.4, 0.5) is 27.6 Å². The zero-order valence-corrected chi connectivity index (χ0v) is 20.0. The molecule has 4 rings (SSSR count). The molecule has 0 aliphatic rings. The van der Waals surface area contributed by atoms with Gasteiger partial charge in [0.2, 0.25) is 0 Å². The van der Waals surface area contributed by atoms with Crippen molar-refractivity contribution in [3.63, 3.8) is 0 Å². The second kappa shape index (κ2) is 10.3. The summed E-state index contributed by atoms with van der Waals surface area (Å²) in [6.45, 7) is 1.65. The Labute approximate surface area is 209 Å². The molecule has 0 amide bonds. The molecule has 1 N–H and O–H groups in total. The summed E-state index contributed by atoms with van der Waals surface area (Å²) >= 11 is 0. The number of methoxy groups -OCH3 is 1. The van der Waals surface area contributed by atoms with Crippen molar-refractivity contribution in [2.45, 2.75) is 37.5 Å². The Morgan fingerprint density at radius 1 is 1.05 bits per heavy atom. The lowest BCUT2D eigenvalue weighted by Gasteiger charge is -2.31. The van der Waals surface area contributed by atoms with Gasteiger partial charge in [-0.2, -0.15) is 18.3 Å². The number of nitrogens with zero attached hydrogens (tertiary/aromatic N) is 3. The van der Waals surface area contributed by atoms with Crippen LogP contribution < -0.4 is 4.74 Å². The van der Waals surface area contributed by atoms with Crippen molar-refractivity contribution in [3.8, 4) is 11.4 Å². The highest BCUT2D eigenvalue weighted by Crippen LogP contribution is 2.42. The highest BCUT2D eigenvalue weighted by atomic mass is 19.4. The summed E-state index contributed by atoms with van der Waals surface area (Å²) in [6.07, 6.45) is -3.75. The molecule has 10 heteroatoms. The Hall–Kier alpha value is -3.79. The van der Waals surface area contributed by atoms with Crippen LogP contribution in [0.1, 0.15) is 31.2 Å². The number of hydrogen-bond acceptors (Lipinski definition) is 4. The summed E-state index contributed by atoms with van der Waals surface area (Å²) in [5, 5.41) is 15.5. The molecule has 0 aliphatic carbocycles. The molecule has 5 nitrogen and oxygen atoms in total. The summed E-state index contributed by atoms with van der Waals surface area (Å²) in [6, 6.07) is 14.4. The van der Waals surface area contributed by atoms with Gasteiger partial charge in [-0.05, 0) is 61.2 Å². The van der Waals surface area contributed by atoms with Gasteiger partial charge in [-0.25, -0.2) is 13.5 Å². The zero-order chi connectivity index (χ0) is 26.8. The minimum absolute atomic E-state index is 0.157. The molecule has 2 unspecified atom stereocenters. The van der Waals surface area contributed by atoms with E-state index in [4.69, 9.17) is 4.74 Å². The van der Waals surface area contributed by atoms with E-state index in [1.165, 1.54) is 60.5 Å². The van der Waals surface area contributed by atoms with Crippen molar-refractivity contribution in [1.82, 2.24) is 9.78 Å². The van der Waals surface area contributed by atoms with Gasteiger partial charge in [-0.1, -0.05) is 25.1 Å². The number of ether oxygens (including phenoxy) is 1. The molecule has 37 heavy (non-hydrogen) atoms. The largest absolute Gasteiger partial charge is 0.493 e. The van der Waals surface area contributed by atoms with Crippen LogP contribution in [0.25, 0.3) is 16.6 Å². The van der Waals surface area contributed by atoms with Crippen LogP contribution in [0, 0.1) is 11.6 Å². The molecule has 0 saturated heterocycles. The van der Waals surface area contributed by atoms with Crippen LogP contribution in [0.2, 0.25) is 0 Å². The fraction of sp³-hybridized carbons (Fsp3) is 0.259. The molecule has 3 aromatic carbocycles. The van der Waals surface area contributed by atoms with Crippen LogP contribution >= 0.6 is 0 Å². The summed E-state index contributed by atoms with van der Waals surface area (Å²) in [5.74, 6) is -2.15. The molecular weight excluding hydrogens is 493 g/mol. The van der Waals surface area contributed by atoms with Crippen LogP contribution in [0.5, 0.6) is 5.75 Å². The van der Waals surface area contributed by atoms with Crippen LogP contribution in [0.15, 0.2) is 71.9 Å². The summed E-state index contributed by atoms with van der Waals surface area (Å²) in [5.41, 5.74) is -1.83. The maximum atomic E-state index is 14.2. The first-order valence-electron chi connectivity index (χ1n) is 11.5. The predicted octanol–water partition coefficient (Wildman–Crippen LogP) is 6.89. The number of aliphatic imine (C=N–C) groups is 1. The highest BCUT2D eigenvalue weighted by molar-refractivity contribution is 5.92. The van der Waals surface area contributed by atoms with Gasteiger partial charge >= 0.3 is 6.18 Å². The molecule has 4 aromatic rings. The summed E-state index contributed by atoms with van der Waals surface area (Å²) in [4.78, 5) is 4.02. The lowest BCUT2D eigenvalue weighted by Crippen LogP contribution is -2.47. The van der Waals surface area contributed by atoms with Gasteiger partial charge < -0.3 is 9.84 Å². The highest BCUT2D eigenvalue weighted by Gasteiger charge is 2.53. The quantitative estimate of drug-likeness (QED) is 0.205. The second-order valence-corrected chi connectivity index (χ2v) is 8.59. The van der Waals surface area contributed by atoms with Crippen molar-refractivity contribution in [2.24, 2.45) is 4.99 Å². The average Bonchev–Trinajstić information content (AvgIpc) is 3.30. The molecule has 2 atom stereocenters. The maximum absolute atomic E-state index is 14.2. The van der Waals surface area contributed by atoms with E-state index in [1.54, 1.807) is 19.1 Å². The molecule has 1 heterocycles. The fourth-order valence-corrected chi connectivity index (χ4v) is 4.27. The molecule has 0 saturated carbocycles. The first-order valence-corrected chi connectivity index (χ1v) is 11.5. The van der Waals surface area contributed by atoms with Gasteiger partial charge in [0.15, 0.2) is 17.2 Å². The van der Waals surface area contributed by atoms with Gasteiger partial charge in [0.05, 0.1) is 30.2 Å². The molecular formula is C27H24F5N3O2. The summed E-state index contributed by atoms with van der Waals surface area (Å²) < 4.78 is 76.6. The van der Waals surface area contributed by atoms with Crippen molar-refractivity contribution in [2.75, 3.05) is 7.11 Å². The minimum Gasteiger partial charge on any atom is -0.493 e. The zero-order valence-electron chi connectivity index (χ0n) is 20.0. The van der Waals surface area contributed by atoms with Gasteiger partial charge in [0, 0.05) is 17.2 Å². The Bertz CT molecular complexity index is 1420. The lowest BCUT2D eigenvalue weighted by molar-refractivity contribution is -0.232. The normalized spacial score (nSPS) is 14.7. The molecule has 0 radical (unpaired) electrons. The van der Waals surface area contributed by atoms with Gasteiger partial charge in [-0.3, -0.25) is 4.99 Å². The number of hydrogen-bond donors (Lipinski definition) is 1.